The molecule has 1 atom stereocenters. The SMILES string of the molecule is CCCCCCOCC(C)(CCO)C(N)=O. The van der Waals surface area contributed by atoms with Crippen LogP contribution in [-0.2, 0) is 9.53 Å². The molecule has 0 spiro atoms. The highest BCUT2D eigenvalue weighted by molar-refractivity contribution is 5.80. The van der Waals surface area contributed by atoms with E-state index in [1.54, 1.807) is 6.92 Å². The summed E-state index contributed by atoms with van der Waals surface area (Å²) in [6.07, 6.45) is 4.94. The molecule has 0 heterocycles. The number of carbonyl (C=O) groups is 1. The van der Waals surface area contributed by atoms with E-state index in [1.807, 2.05) is 0 Å². The van der Waals surface area contributed by atoms with Crippen LogP contribution in [-0.4, -0.2) is 30.8 Å². The largest absolute Gasteiger partial charge is 0.396 e. The van der Waals surface area contributed by atoms with Gasteiger partial charge in [0.05, 0.1) is 12.0 Å². The Morgan fingerprint density at radius 3 is 2.56 bits per heavy atom. The highest BCUT2D eigenvalue weighted by atomic mass is 16.5. The quantitative estimate of drug-likeness (QED) is 0.559. The minimum Gasteiger partial charge on any atom is -0.396 e. The van der Waals surface area contributed by atoms with Gasteiger partial charge < -0.3 is 15.6 Å². The fourth-order valence-corrected chi connectivity index (χ4v) is 1.44. The molecule has 1 unspecified atom stereocenters. The Kier molecular flexibility index (Phi) is 8.21. The van der Waals surface area contributed by atoms with Crippen molar-refractivity contribution in [2.45, 2.75) is 46.0 Å². The molecule has 0 saturated heterocycles. The first-order valence-corrected chi connectivity index (χ1v) is 6.05. The number of rotatable bonds is 10. The number of aliphatic hydroxyl groups excluding tert-OH is 1. The first-order chi connectivity index (χ1) is 7.56. The Labute approximate surface area is 98.2 Å². The van der Waals surface area contributed by atoms with Gasteiger partial charge in [0, 0.05) is 13.2 Å². The van der Waals surface area contributed by atoms with E-state index in [0.717, 1.165) is 12.8 Å². The topological polar surface area (TPSA) is 72.6 Å². The molecule has 0 aromatic carbocycles. The van der Waals surface area contributed by atoms with E-state index >= 15 is 0 Å². The average Bonchev–Trinajstić information content (AvgIpc) is 2.23. The summed E-state index contributed by atoms with van der Waals surface area (Å²) in [5.74, 6) is -0.407. The number of hydrogen-bond acceptors (Lipinski definition) is 3. The van der Waals surface area contributed by atoms with Gasteiger partial charge >= 0.3 is 0 Å². The van der Waals surface area contributed by atoms with E-state index in [1.165, 1.54) is 12.8 Å². The molecule has 0 rings (SSSR count). The molecule has 0 aliphatic heterocycles. The minimum absolute atomic E-state index is 0.0430. The van der Waals surface area contributed by atoms with Crippen LogP contribution in [0.1, 0.15) is 46.0 Å². The third-order valence-electron chi connectivity index (χ3n) is 2.82. The first-order valence-electron chi connectivity index (χ1n) is 6.05. The van der Waals surface area contributed by atoms with Crippen molar-refractivity contribution in [1.29, 1.82) is 0 Å². The number of aliphatic hydroxyl groups is 1. The van der Waals surface area contributed by atoms with Crippen LogP contribution >= 0.6 is 0 Å². The lowest BCUT2D eigenvalue weighted by atomic mass is 9.87. The zero-order valence-corrected chi connectivity index (χ0v) is 10.5. The molecule has 0 saturated carbocycles. The predicted molar refractivity (Wildman–Crippen MR) is 64.0 cm³/mol. The maximum absolute atomic E-state index is 11.2. The Morgan fingerprint density at radius 1 is 1.38 bits per heavy atom. The summed E-state index contributed by atoms with van der Waals surface area (Å²) in [6.45, 7) is 4.81. The van der Waals surface area contributed by atoms with Crippen molar-refractivity contribution in [3.63, 3.8) is 0 Å². The second kappa shape index (κ2) is 8.53. The molecule has 3 N–H and O–H groups in total. The van der Waals surface area contributed by atoms with Gasteiger partial charge in [-0.25, -0.2) is 0 Å². The maximum atomic E-state index is 11.2. The highest BCUT2D eigenvalue weighted by Crippen LogP contribution is 2.20. The molecule has 0 radical (unpaired) electrons. The fraction of sp³-hybridized carbons (Fsp3) is 0.917. The van der Waals surface area contributed by atoms with Gasteiger partial charge in [-0.2, -0.15) is 0 Å². The number of ether oxygens (including phenoxy) is 1. The third-order valence-corrected chi connectivity index (χ3v) is 2.82. The van der Waals surface area contributed by atoms with Crippen LogP contribution in [0.4, 0.5) is 0 Å². The van der Waals surface area contributed by atoms with Crippen molar-refractivity contribution >= 4 is 5.91 Å². The summed E-state index contributed by atoms with van der Waals surface area (Å²) in [4.78, 5) is 11.2. The van der Waals surface area contributed by atoms with Crippen LogP contribution < -0.4 is 5.73 Å². The molecule has 4 heteroatoms. The standard InChI is InChI=1S/C12H25NO3/c1-3-4-5-6-9-16-10-12(2,7-8-14)11(13)15/h14H,3-10H2,1-2H3,(H2,13,15). The summed E-state index contributed by atoms with van der Waals surface area (Å²) in [5.41, 5.74) is 4.55. The number of primary amides is 1. The zero-order chi connectivity index (χ0) is 12.4. The molecule has 4 nitrogen and oxygen atoms in total. The van der Waals surface area contributed by atoms with E-state index in [2.05, 4.69) is 6.92 Å². The molecule has 0 aliphatic rings. The molecule has 96 valence electrons. The Bertz CT molecular complexity index is 197. The van der Waals surface area contributed by atoms with Crippen LogP contribution in [0.3, 0.4) is 0 Å². The van der Waals surface area contributed by atoms with Gasteiger partial charge in [-0.15, -0.1) is 0 Å². The Balaban J connectivity index is 3.73. The zero-order valence-electron chi connectivity index (χ0n) is 10.5. The summed E-state index contributed by atoms with van der Waals surface area (Å²) >= 11 is 0. The molecule has 0 bridgehead atoms. The van der Waals surface area contributed by atoms with E-state index in [9.17, 15) is 4.79 Å². The summed E-state index contributed by atoms with van der Waals surface area (Å²) in [7, 11) is 0. The van der Waals surface area contributed by atoms with Gasteiger partial charge in [-0.1, -0.05) is 26.2 Å². The number of nitrogens with two attached hydrogens (primary N) is 1. The van der Waals surface area contributed by atoms with E-state index in [4.69, 9.17) is 15.6 Å². The van der Waals surface area contributed by atoms with Gasteiger partial charge in [0.25, 0.3) is 0 Å². The van der Waals surface area contributed by atoms with E-state index in [-0.39, 0.29) is 6.61 Å². The number of carbonyl (C=O) groups excluding carboxylic acids is 1. The first kappa shape index (κ1) is 15.4. The van der Waals surface area contributed by atoms with Crippen molar-refractivity contribution in [2.75, 3.05) is 19.8 Å². The second-order valence-electron chi connectivity index (χ2n) is 4.51. The molecule has 1 amide bonds. The van der Waals surface area contributed by atoms with Gasteiger partial charge in [0.1, 0.15) is 0 Å². The number of amides is 1. The van der Waals surface area contributed by atoms with Crippen LogP contribution in [0.25, 0.3) is 0 Å². The lowest BCUT2D eigenvalue weighted by Crippen LogP contribution is -2.39. The minimum atomic E-state index is -0.737. The fourth-order valence-electron chi connectivity index (χ4n) is 1.44. The van der Waals surface area contributed by atoms with Gasteiger partial charge in [0.15, 0.2) is 0 Å². The second-order valence-corrected chi connectivity index (χ2v) is 4.51. The third kappa shape index (κ3) is 6.08. The maximum Gasteiger partial charge on any atom is 0.225 e. The number of hydrogen-bond donors (Lipinski definition) is 2. The van der Waals surface area contributed by atoms with Gasteiger partial charge in [0.2, 0.25) is 5.91 Å². The normalized spacial score (nSPS) is 14.7. The smallest absolute Gasteiger partial charge is 0.225 e. The Morgan fingerprint density at radius 2 is 2.06 bits per heavy atom. The molecule has 16 heavy (non-hydrogen) atoms. The van der Waals surface area contributed by atoms with Crippen molar-refractivity contribution in [2.24, 2.45) is 11.1 Å². The molecular formula is C12H25NO3. The van der Waals surface area contributed by atoms with Crippen molar-refractivity contribution in [1.82, 2.24) is 0 Å². The lowest BCUT2D eigenvalue weighted by Gasteiger charge is -2.24. The monoisotopic (exact) mass is 231 g/mol. The number of unbranched alkanes of at least 4 members (excludes halogenated alkanes) is 3. The van der Waals surface area contributed by atoms with Gasteiger partial charge in [-0.05, 0) is 19.8 Å². The summed E-state index contributed by atoms with van der Waals surface area (Å²) < 4.78 is 5.45. The van der Waals surface area contributed by atoms with E-state index < -0.39 is 11.3 Å². The average molecular weight is 231 g/mol. The summed E-state index contributed by atoms with van der Waals surface area (Å²) in [6, 6.07) is 0. The van der Waals surface area contributed by atoms with Crippen LogP contribution in [0.2, 0.25) is 0 Å². The van der Waals surface area contributed by atoms with Crippen LogP contribution in [0, 0.1) is 5.41 Å². The molecule has 0 aromatic heterocycles. The van der Waals surface area contributed by atoms with E-state index in [0.29, 0.717) is 19.6 Å². The highest BCUT2D eigenvalue weighted by Gasteiger charge is 2.30. The molecular weight excluding hydrogens is 206 g/mol. The van der Waals surface area contributed by atoms with Crippen molar-refractivity contribution in [3.8, 4) is 0 Å². The lowest BCUT2D eigenvalue weighted by molar-refractivity contribution is -0.131. The molecule has 0 fully saturated rings. The van der Waals surface area contributed by atoms with Crippen molar-refractivity contribution < 1.29 is 14.6 Å². The predicted octanol–water partition coefficient (Wildman–Crippen LogP) is 1.46. The van der Waals surface area contributed by atoms with Crippen LogP contribution in [0.15, 0.2) is 0 Å². The molecule has 0 aliphatic carbocycles. The Hall–Kier alpha value is -0.610. The molecule has 0 aromatic rings. The van der Waals surface area contributed by atoms with Gasteiger partial charge in [-0.3, -0.25) is 4.79 Å². The van der Waals surface area contributed by atoms with Crippen molar-refractivity contribution in [3.05, 3.63) is 0 Å². The van der Waals surface area contributed by atoms with Crippen LogP contribution in [0.5, 0.6) is 0 Å². The summed E-state index contributed by atoms with van der Waals surface area (Å²) in [5, 5.41) is 8.86.